The molecule has 1 N–H and O–H groups in total. The van der Waals surface area contributed by atoms with E-state index in [0.717, 1.165) is 46.5 Å². The van der Waals surface area contributed by atoms with E-state index in [1.54, 1.807) is 23.5 Å². The number of aryl methyl sites for hydroxylation is 2. The van der Waals surface area contributed by atoms with Crippen LogP contribution in [0.3, 0.4) is 0 Å². The average molecular weight is 452 g/mol. The summed E-state index contributed by atoms with van der Waals surface area (Å²) >= 11 is 1.65. The Hall–Kier alpha value is -3.19. The quantitative estimate of drug-likeness (QED) is 0.282. The number of anilines is 1. The van der Waals surface area contributed by atoms with Gasteiger partial charge in [0.25, 0.3) is 0 Å². The number of aromatic nitrogens is 2. The summed E-state index contributed by atoms with van der Waals surface area (Å²) in [4.78, 5) is 11.2. The molecule has 0 aliphatic heterocycles. The predicted molar refractivity (Wildman–Crippen MR) is 129 cm³/mol. The van der Waals surface area contributed by atoms with Gasteiger partial charge in [-0.1, -0.05) is 36.4 Å². The summed E-state index contributed by atoms with van der Waals surface area (Å²) in [5.41, 5.74) is 3.48. The van der Waals surface area contributed by atoms with Crippen LogP contribution < -0.4 is 14.8 Å². The molecule has 0 spiro atoms. The summed E-state index contributed by atoms with van der Waals surface area (Å²) in [5, 5.41) is 4.50. The van der Waals surface area contributed by atoms with Crippen LogP contribution in [0.2, 0.25) is 0 Å². The van der Waals surface area contributed by atoms with Crippen LogP contribution in [0.5, 0.6) is 11.8 Å². The first kappa shape index (κ1) is 22.0. The fraction of sp³-hybridized carbons (Fsp3) is 0.280. The van der Waals surface area contributed by atoms with Crippen LogP contribution in [0.15, 0.2) is 54.6 Å². The Bertz CT molecular complexity index is 1160. The molecule has 7 heteroatoms. The normalized spacial score (nSPS) is 11.0. The highest BCUT2D eigenvalue weighted by atomic mass is 32.1. The van der Waals surface area contributed by atoms with Crippen LogP contribution in [0.25, 0.3) is 21.3 Å². The van der Waals surface area contributed by atoms with Gasteiger partial charge in [0.15, 0.2) is 0 Å². The van der Waals surface area contributed by atoms with Crippen LogP contribution in [0, 0.1) is 6.92 Å². The molecule has 5 nitrogen and oxygen atoms in total. The molecule has 0 fully saturated rings. The van der Waals surface area contributed by atoms with Crippen molar-refractivity contribution in [1.29, 1.82) is 0 Å². The average Bonchev–Trinajstić information content (AvgIpc) is 3.18. The highest BCUT2D eigenvalue weighted by Gasteiger charge is 2.11. The van der Waals surface area contributed by atoms with Gasteiger partial charge in [-0.15, -0.1) is 11.3 Å². The molecule has 2 heterocycles. The van der Waals surface area contributed by atoms with Gasteiger partial charge in [-0.2, -0.15) is 9.97 Å². The third kappa shape index (κ3) is 5.34. The molecule has 166 valence electrons. The number of thiophene rings is 1. The maximum atomic E-state index is 12.3. The number of halogens is 1. The number of rotatable bonds is 10. The molecule has 0 amide bonds. The minimum atomic E-state index is -0.814. The molecule has 0 saturated heterocycles. The van der Waals surface area contributed by atoms with Gasteiger partial charge >= 0.3 is 6.01 Å². The lowest BCUT2D eigenvalue weighted by molar-refractivity contribution is 0.192. The van der Waals surface area contributed by atoms with Gasteiger partial charge in [0, 0.05) is 11.4 Å². The summed E-state index contributed by atoms with van der Waals surface area (Å²) in [5.74, 6) is 1.37. The van der Waals surface area contributed by atoms with Gasteiger partial charge in [0.1, 0.15) is 16.4 Å². The Morgan fingerprint density at radius 3 is 2.38 bits per heavy atom. The van der Waals surface area contributed by atoms with E-state index in [4.69, 9.17) is 9.47 Å². The van der Waals surface area contributed by atoms with Crippen molar-refractivity contribution in [3.63, 3.8) is 0 Å². The van der Waals surface area contributed by atoms with Crippen LogP contribution in [0.1, 0.15) is 23.8 Å². The second-order valence-electron chi connectivity index (χ2n) is 7.37. The molecular weight excluding hydrogens is 425 g/mol. The van der Waals surface area contributed by atoms with Crippen LogP contribution >= 0.6 is 11.3 Å². The van der Waals surface area contributed by atoms with E-state index in [-0.39, 0.29) is 0 Å². The Labute approximate surface area is 191 Å². The number of hydrogen-bond donors (Lipinski definition) is 1. The van der Waals surface area contributed by atoms with Crippen molar-refractivity contribution in [2.45, 2.75) is 26.7 Å². The number of benzene rings is 2. The maximum Gasteiger partial charge on any atom is 0.319 e. The van der Waals surface area contributed by atoms with Crippen molar-refractivity contribution in [3.8, 4) is 22.9 Å². The summed E-state index contributed by atoms with van der Waals surface area (Å²) in [7, 11) is 0. The Morgan fingerprint density at radius 1 is 0.969 bits per heavy atom. The molecule has 4 rings (SSSR count). The number of hydrogen-bond acceptors (Lipinski definition) is 6. The molecule has 4 aromatic rings. The molecule has 2 aromatic carbocycles. The van der Waals surface area contributed by atoms with E-state index < -0.39 is 6.86 Å². The first-order valence-electron chi connectivity index (χ1n) is 10.7. The monoisotopic (exact) mass is 451 g/mol. The Balaban J connectivity index is 1.34. The Morgan fingerprint density at radius 2 is 1.69 bits per heavy atom. The molecule has 32 heavy (non-hydrogen) atoms. The standard InChI is InChI=1S/C25H26FN3O2S/c1-3-30-25-28-23(22-15-17(2)32-24(22)29-25)27-14-4-5-18-6-8-19(9-7-18)20-10-12-21(13-11-20)31-16-26/h6-13,15H,3-5,14,16H2,1-2H3,(H,27,28,29). The molecule has 0 bridgehead atoms. The lowest BCUT2D eigenvalue weighted by Crippen LogP contribution is -2.07. The highest BCUT2D eigenvalue weighted by molar-refractivity contribution is 7.18. The molecule has 0 radical (unpaired) electrons. The SMILES string of the molecule is CCOc1nc(NCCCc2ccc(-c3ccc(OCF)cc3)cc2)c2cc(C)sc2n1. The van der Waals surface area contributed by atoms with Gasteiger partial charge in [-0.05, 0) is 61.6 Å². The fourth-order valence-corrected chi connectivity index (χ4v) is 4.39. The summed E-state index contributed by atoms with van der Waals surface area (Å²) in [6.07, 6.45) is 1.94. The fourth-order valence-electron chi connectivity index (χ4n) is 3.52. The molecule has 0 saturated carbocycles. The van der Waals surface area contributed by atoms with Crippen molar-refractivity contribution in [2.75, 3.05) is 25.3 Å². The first-order valence-corrected chi connectivity index (χ1v) is 11.5. The van der Waals surface area contributed by atoms with Gasteiger partial charge in [0.05, 0.1) is 12.0 Å². The van der Waals surface area contributed by atoms with Gasteiger partial charge in [0.2, 0.25) is 6.86 Å². The van der Waals surface area contributed by atoms with Crippen molar-refractivity contribution in [3.05, 3.63) is 65.0 Å². The third-order valence-corrected chi connectivity index (χ3v) is 6.01. The largest absolute Gasteiger partial charge is 0.464 e. The number of alkyl halides is 1. The molecule has 0 unspecified atom stereocenters. The van der Waals surface area contributed by atoms with E-state index in [1.807, 2.05) is 19.1 Å². The smallest absolute Gasteiger partial charge is 0.319 e. The number of nitrogens with one attached hydrogen (secondary N) is 1. The molecule has 0 atom stereocenters. The predicted octanol–water partition coefficient (Wildman–Crippen LogP) is 6.42. The number of fused-ring (bicyclic) bond motifs is 1. The summed E-state index contributed by atoms with van der Waals surface area (Å²) < 4.78 is 22.6. The zero-order chi connectivity index (χ0) is 22.3. The van der Waals surface area contributed by atoms with Gasteiger partial charge in [-0.3, -0.25) is 0 Å². The third-order valence-electron chi connectivity index (χ3n) is 5.07. The summed E-state index contributed by atoms with van der Waals surface area (Å²) in [6.45, 7) is 4.55. The first-order chi connectivity index (χ1) is 15.7. The van der Waals surface area contributed by atoms with E-state index in [2.05, 4.69) is 52.5 Å². The molecule has 0 aliphatic carbocycles. The minimum Gasteiger partial charge on any atom is -0.464 e. The second-order valence-corrected chi connectivity index (χ2v) is 8.60. The summed E-state index contributed by atoms with van der Waals surface area (Å²) in [6, 6.07) is 18.5. The zero-order valence-corrected chi connectivity index (χ0v) is 19.0. The van der Waals surface area contributed by atoms with E-state index >= 15 is 0 Å². The van der Waals surface area contributed by atoms with E-state index in [1.165, 1.54) is 10.4 Å². The zero-order valence-electron chi connectivity index (χ0n) is 18.2. The lowest BCUT2D eigenvalue weighted by atomic mass is 10.0. The van der Waals surface area contributed by atoms with Crippen molar-refractivity contribution < 1.29 is 13.9 Å². The van der Waals surface area contributed by atoms with Gasteiger partial charge < -0.3 is 14.8 Å². The van der Waals surface area contributed by atoms with E-state index in [0.29, 0.717) is 18.4 Å². The van der Waals surface area contributed by atoms with Crippen molar-refractivity contribution >= 4 is 27.4 Å². The highest BCUT2D eigenvalue weighted by Crippen LogP contribution is 2.30. The second kappa shape index (κ2) is 10.4. The number of nitrogens with zero attached hydrogens (tertiary/aromatic N) is 2. The van der Waals surface area contributed by atoms with Crippen LogP contribution in [-0.2, 0) is 6.42 Å². The number of ether oxygens (including phenoxy) is 2. The molecule has 0 aliphatic rings. The topological polar surface area (TPSA) is 56.3 Å². The van der Waals surface area contributed by atoms with Crippen molar-refractivity contribution in [1.82, 2.24) is 9.97 Å². The van der Waals surface area contributed by atoms with Crippen LogP contribution in [-0.4, -0.2) is 30.0 Å². The molecule has 2 aromatic heterocycles. The molecular formula is C25H26FN3O2S. The maximum absolute atomic E-state index is 12.3. The van der Waals surface area contributed by atoms with Gasteiger partial charge in [-0.25, -0.2) is 4.39 Å². The van der Waals surface area contributed by atoms with Crippen molar-refractivity contribution in [2.24, 2.45) is 0 Å². The lowest BCUT2D eigenvalue weighted by Gasteiger charge is -2.09. The van der Waals surface area contributed by atoms with E-state index in [9.17, 15) is 4.39 Å². The Kier molecular flexibility index (Phi) is 7.17. The van der Waals surface area contributed by atoms with Crippen LogP contribution in [0.4, 0.5) is 10.2 Å². The minimum absolute atomic E-state index is 0.421.